The van der Waals surface area contributed by atoms with Crippen LogP contribution in [0.1, 0.15) is 50.2 Å². The van der Waals surface area contributed by atoms with Crippen molar-refractivity contribution >= 4 is 17.8 Å². The third kappa shape index (κ3) is 6.06. The molecule has 38 heavy (non-hydrogen) atoms. The molecule has 0 saturated carbocycles. The van der Waals surface area contributed by atoms with Crippen LogP contribution < -0.4 is 5.73 Å². The Hall–Kier alpha value is -4.11. The Morgan fingerprint density at radius 1 is 0.974 bits per heavy atom. The summed E-state index contributed by atoms with van der Waals surface area (Å²) >= 11 is 0. The minimum Gasteiger partial charge on any atom is -0.477 e. The summed E-state index contributed by atoms with van der Waals surface area (Å²) in [5.74, 6) is -4.42. The maximum Gasteiger partial charge on any atom is 0.341 e. The van der Waals surface area contributed by atoms with Crippen LogP contribution in [0.5, 0.6) is 0 Å². The first-order chi connectivity index (χ1) is 18.1. The molecule has 1 heterocycles. The Balaban J connectivity index is 1.36. The Morgan fingerprint density at radius 2 is 1.71 bits per heavy atom. The van der Waals surface area contributed by atoms with Crippen LogP contribution in [0, 0.1) is 18.6 Å². The van der Waals surface area contributed by atoms with Crippen LogP contribution in [0.25, 0.3) is 11.1 Å². The lowest BCUT2D eigenvalue weighted by Gasteiger charge is -2.28. The molecule has 0 aromatic heterocycles. The first-order valence-corrected chi connectivity index (χ1v) is 12.4. The van der Waals surface area contributed by atoms with E-state index < -0.39 is 29.1 Å². The van der Waals surface area contributed by atoms with Crippen LogP contribution in [0.4, 0.5) is 8.78 Å². The largest absolute Gasteiger partial charge is 0.477 e. The van der Waals surface area contributed by atoms with Gasteiger partial charge in [0.2, 0.25) is 11.8 Å². The van der Waals surface area contributed by atoms with Crippen LogP contribution in [-0.4, -0.2) is 52.5 Å². The number of nitrogens with zero attached hydrogens (tertiary/aromatic N) is 2. The molecule has 1 aliphatic rings. The van der Waals surface area contributed by atoms with Crippen molar-refractivity contribution in [1.29, 1.82) is 0 Å². The summed E-state index contributed by atoms with van der Waals surface area (Å²) in [5, 5.41) is 12.5. The topological polar surface area (TPSA) is 104 Å². The van der Waals surface area contributed by atoms with Crippen molar-refractivity contribution in [2.45, 2.75) is 32.6 Å². The summed E-state index contributed by atoms with van der Waals surface area (Å²) in [6, 6.07) is 15.6. The highest BCUT2D eigenvalue weighted by Crippen LogP contribution is 2.26. The summed E-state index contributed by atoms with van der Waals surface area (Å²) in [7, 11) is 0. The van der Waals surface area contributed by atoms with Gasteiger partial charge in [-0.15, -0.1) is 0 Å². The fourth-order valence-electron chi connectivity index (χ4n) is 4.84. The predicted molar refractivity (Wildman–Crippen MR) is 138 cm³/mol. The number of carboxylic acids is 1. The number of hydrazine groups is 1. The molecule has 2 amide bonds. The molecule has 0 aliphatic carbocycles. The number of amides is 2. The predicted octanol–water partition coefficient (Wildman–Crippen LogP) is 4.36. The van der Waals surface area contributed by atoms with Crippen molar-refractivity contribution in [2.75, 3.05) is 19.6 Å². The van der Waals surface area contributed by atoms with E-state index in [1.54, 1.807) is 17.1 Å². The van der Waals surface area contributed by atoms with Crippen LogP contribution >= 0.6 is 0 Å². The molecule has 1 fully saturated rings. The van der Waals surface area contributed by atoms with E-state index in [4.69, 9.17) is 10.8 Å². The van der Waals surface area contributed by atoms with Gasteiger partial charge in [0.25, 0.3) is 0 Å². The number of primary amides is 1. The number of carbonyl (C=O) groups excluding carboxylic acids is 2. The molecule has 3 N–H and O–H groups in total. The fraction of sp³-hybridized carbons (Fsp3) is 0.276. The number of halogens is 2. The molecular formula is C29H29F2N3O4. The van der Waals surface area contributed by atoms with Gasteiger partial charge >= 0.3 is 5.97 Å². The second kappa shape index (κ2) is 11.5. The zero-order valence-electron chi connectivity index (χ0n) is 21.0. The van der Waals surface area contributed by atoms with Crippen molar-refractivity contribution in [1.82, 2.24) is 10.0 Å². The second-order valence-electron chi connectivity index (χ2n) is 9.41. The van der Waals surface area contributed by atoms with Gasteiger partial charge in [-0.3, -0.25) is 14.6 Å². The minimum atomic E-state index is -1.66. The molecule has 0 unspecified atom stereocenters. The van der Waals surface area contributed by atoms with E-state index >= 15 is 0 Å². The molecule has 7 nitrogen and oxygen atoms in total. The lowest BCUT2D eigenvalue weighted by Crippen LogP contribution is -2.41. The standard InChI is InChI=1S/C29H29F2N3O4/c1-18-14-22(28(32)36)7-8-23(18)21-6-2-4-19(15-21)5-3-11-33-12-10-26(35)34(33)13-9-20-16-24(30)27(29(37)38)25(31)17-20/h2,4,6-8,14-17H,3,5,9-13H2,1H3,(H2,32,36)(H,37,38). The summed E-state index contributed by atoms with van der Waals surface area (Å²) in [6.45, 7) is 3.41. The average molecular weight is 522 g/mol. The van der Waals surface area contributed by atoms with Gasteiger partial charge in [0.15, 0.2) is 0 Å². The van der Waals surface area contributed by atoms with Gasteiger partial charge in [0, 0.05) is 31.6 Å². The minimum absolute atomic E-state index is 0.0509. The smallest absolute Gasteiger partial charge is 0.341 e. The van der Waals surface area contributed by atoms with E-state index in [2.05, 4.69) is 6.07 Å². The monoisotopic (exact) mass is 521 g/mol. The van der Waals surface area contributed by atoms with Gasteiger partial charge < -0.3 is 10.8 Å². The van der Waals surface area contributed by atoms with Crippen molar-refractivity contribution in [3.05, 3.63) is 94.0 Å². The first-order valence-electron chi connectivity index (χ1n) is 12.4. The zero-order chi connectivity index (χ0) is 27.4. The Bertz CT molecular complexity index is 1370. The Morgan fingerprint density at radius 3 is 2.37 bits per heavy atom. The number of carbonyl (C=O) groups is 3. The average Bonchev–Trinajstić information content (AvgIpc) is 3.21. The third-order valence-corrected chi connectivity index (χ3v) is 6.77. The molecule has 4 rings (SSSR count). The van der Waals surface area contributed by atoms with Gasteiger partial charge in [-0.05, 0) is 78.3 Å². The van der Waals surface area contributed by atoms with Crippen LogP contribution in [0.2, 0.25) is 0 Å². The van der Waals surface area contributed by atoms with Crippen molar-refractivity contribution in [3.8, 4) is 11.1 Å². The number of nitrogens with two attached hydrogens (primary N) is 1. The van der Waals surface area contributed by atoms with Crippen molar-refractivity contribution in [3.63, 3.8) is 0 Å². The summed E-state index contributed by atoms with van der Waals surface area (Å²) in [6.07, 6.45) is 2.16. The number of aromatic carboxylic acids is 1. The van der Waals surface area contributed by atoms with Gasteiger partial charge in [-0.25, -0.2) is 18.6 Å². The highest BCUT2D eigenvalue weighted by molar-refractivity contribution is 5.93. The third-order valence-electron chi connectivity index (χ3n) is 6.77. The SMILES string of the molecule is Cc1cc(C(N)=O)ccc1-c1cccc(CCCN2CCC(=O)N2CCc2cc(F)c(C(=O)O)c(F)c2)c1. The number of hydrogen-bond donors (Lipinski definition) is 2. The lowest BCUT2D eigenvalue weighted by atomic mass is 9.96. The van der Waals surface area contributed by atoms with E-state index in [1.807, 2.05) is 36.2 Å². The van der Waals surface area contributed by atoms with Crippen LogP contribution in [-0.2, 0) is 17.6 Å². The van der Waals surface area contributed by atoms with Gasteiger partial charge in [-0.1, -0.05) is 30.3 Å². The van der Waals surface area contributed by atoms with Gasteiger partial charge in [0.05, 0.1) is 0 Å². The van der Waals surface area contributed by atoms with E-state index in [9.17, 15) is 23.2 Å². The van der Waals surface area contributed by atoms with E-state index in [-0.39, 0.29) is 18.9 Å². The van der Waals surface area contributed by atoms with E-state index in [1.165, 1.54) is 0 Å². The Kier molecular flexibility index (Phi) is 8.16. The lowest BCUT2D eigenvalue weighted by molar-refractivity contribution is -0.137. The number of carboxylic acid groups (broad SMARTS) is 1. The zero-order valence-corrected chi connectivity index (χ0v) is 21.0. The molecule has 198 valence electrons. The van der Waals surface area contributed by atoms with Gasteiger partial charge in [-0.2, -0.15) is 0 Å². The van der Waals surface area contributed by atoms with Crippen LogP contribution in [0.3, 0.4) is 0 Å². The van der Waals surface area contributed by atoms with Gasteiger partial charge in [0.1, 0.15) is 17.2 Å². The fourth-order valence-corrected chi connectivity index (χ4v) is 4.84. The highest BCUT2D eigenvalue weighted by atomic mass is 19.1. The van der Waals surface area contributed by atoms with Crippen molar-refractivity contribution in [2.24, 2.45) is 5.73 Å². The molecule has 3 aromatic carbocycles. The number of aryl methyl sites for hydroxylation is 2. The quantitative estimate of drug-likeness (QED) is 0.413. The maximum absolute atomic E-state index is 14.0. The summed E-state index contributed by atoms with van der Waals surface area (Å²) in [5.41, 5.74) is 9.34. The molecule has 0 spiro atoms. The van der Waals surface area contributed by atoms with E-state index in [0.29, 0.717) is 30.6 Å². The summed E-state index contributed by atoms with van der Waals surface area (Å²) < 4.78 is 28.0. The number of hydrogen-bond acceptors (Lipinski definition) is 4. The molecular weight excluding hydrogens is 492 g/mol. The molecule has 1 saturated heterocycles. The molecule has 0 radical (unpaired) electrons. The van der Waals surface area contributed by atoms with E-state index in [0.717, 1.165) is 47.2 Å². The normalized spacial score (nSPS) is 13.8. The molecule has 3 aromatic rings. The first kappa shape index (κ1) is 26.9. The number of benzene rings is 3. The maximum atomic E-state index is 14.0. The second-order valence-corrected chi connectivity index (χ2v) is 9.41. The molecule has 1 aliphatic heterocycles. The van der Waals surface area contributed by atoms with Crippen molar-refractivity contribution < 1.29 is 28.3 Å². The molecule has 9 heteroatoms. The molecule has 0 bridgehead atoms. The number of rotatable bonds is 10. The Labute approximate surface area is 219 Å². The highest BCUT2D eigenvalue weighted by Gasteiger charge is 2.28. The van der Waals surface area contributed by atoms with Crippen LogP contribution in [0.15, 0.2) is 54.6 Å². The summed E-state index contributed by atoms with van der Waals surface area (Å²) in [4.78, 5) is 34.9. The molecule has 0 atom stereocenters.